The number of amides is 1. The van der Waals surface area contributed by atoms with Crippen molar-refractivity contribution < 1.29 is 14.6 Å². The van der Waals surface area contributed by atoms with Gasteiger partial charge in [-0.15, -0.1) is 0 Å². The van der Waals surface area contributed by atoms with E-state index in [1.54, 1.807) is 0 Å². The van der Waals surface area contributed by atoms with Crippen LogP contribution in [-0.2, 0) is 9.53 Å². The Morgan fingerprint density at radius 3 is 2.74 bits per heavy atom. The molecule has 5 heteroatoms. The molecule has 0 spiro atoms. The van der Waals surface area contributed by atoms with E-state index in [1.165, 1.54) is 0 Å². The molecule has 3 unspecified atom stereocenters. The summed E-state index contributed by atoms with van der Waals surface area (Å²) in [5.41, 5.74) is 6.40. The SMILES string of the molecule is NCC1CCC(C(=O)NC(CO)c2ccccc2)O1. The third-order valence-electron chi connectivity index (χ3n) is 3.36. The second kappa shape index (κ2) is 6.65. The molecule has 1 heterocycles. The van der Waals surface area contributed by atoms with Crippen LogP contribution in [0.25, 0.3) is 0 Å². The molecule has 0 saturated carbocycles. The average molecular weight is 264 g/mol. The number of hydrogen-bond donors (Lipinski definition) is 3. The van der Waals surface area contributed by atoms with Gasteiger partial charge in [0.05, 0.1) is 18.8 Å². The van der Waals surface area contributed by atoms with E-state index in [0.29, 0.717) is 13.0 Å². The Balaban J connectivity index is 1.94. The molecule has 19 heavy (non-hydrogen) atoms. The van der Waals surface area contributed by atoms with E-state index in [9.17, 15) is 9.90 Å². The van der Waals surface area contributed by atoms with Crippen LogP contribution < -0.4 is 11.1 Å². The first-order valence-corrected chi connectivity index (χ1v) is 6.56. The number of carbonyl (C=O) groups excluding carboxylic acids is 1. The summed E-state index contributed by atoms with van der Waals surface area (Å²) in [5, 5.41) is 12.2. The van der Waals surface area contributed by atoms with E-state index >= 15 is 0 Å². The zero-order valence-corrected chi connectivity index (χ0v) is 10.8. The summed E-state index contributed by atoms with van der Waals surface area (Å²) in [7, 11) is 0. The molecule has 5 nitrogen and oxygen atoms in total. The van der Waals surface area contributed by atoms with Gasteiger partial charge in [0.25, 0.3) is 0 Å². The third kappa shape index (κ3) is 3.53. The highest BCUT2D eigenvalue weighted by Crippen LogP contribution is 2.20. The number of aliphatic hydroxyl groups excluding tert-OH is 1. The average Bonchev–Trinajstić information content (AvgIpc) is 2.94. The van der Waals surface area contributed by atoms with Crippen molar-refractivity contribution in [3.8, 4) is 0 Å². The fraction of sp³-hybridized carbons (Fsp3) is 0.500. The highest BCUT2D eigenvalue weighted by Gasteiger charge is 2.30. The molecule has 1 aromatic rings. The summed E-state index contributed by atoms with van der Waals surface area (Å²) in [5.74, 6) is -0.182. The number of ether oxygens (including phenoxy) is 1. The maximum atomic E-state index is 12.1. The monoisotopic (exact) mass is 264 g/mol. The summed E-state index contributed by atoms with van der Waals surface area (Å²) in [6.07, 6.45) is 1.01. The van der Waals surface area contributed by atoms with Crippen LogP contribution in [0.1, 0.15) is 24.4 Å². The third-order valence-corrected chi connectivity index (χ3v) is 3.36. The first-order chi connectivity index (χ1) is 9.24. The lowest BCUT2D eigenvalue weighted by Crippen LogP contribution is -2.39. The number of nitrogens with two attached hydrogens (primary N) is 1. The Bertz CT molecular complexity index is 410. The number of rotatable bonds is 5. The molecule has 1 aromatic carbocycles. The summed E-state index contributed by atoms with van der Waals surface area (Å²) in [6.45, 7) is 0.300. The van der Waals surface area contributed by atoms with Crippen LogP contribution in [0, 0.1) is 0 Å². The Kier molecular flexibility index (Phi) is 4.90. The lowest BCUT2D eigenvalue weighted by Gasteiger charge is -2.19. The second-order valence-corrected chi connectivity index (χ2v) is 4.71. The van der Waals surface area contributed by atoms with Gasteiger partial charge in [0.15, 0.2) is 0 Å². The van der Waals surface area contributed by atoms with Gasteiger partial charge in [-0.25, -0.2) is 0 Å². The van der Waals surface area contributed by atoms with Crippen LogP contribution in [0.2, 0.25) is 0 Å². The van der Waals surface area contributed by atoms with Gasteiger partial charge in [0.2, 0.25) is 5.91 Å². The highest BCUT2D eigenvalue weighted by atomic mass is 16.5. The van der Waals surface area contributed by atoms with Crippen molar-refractivity contribution >= 4 is 5.91 Å². The molecular weight excluding hydrogens is 244 g/mol. The highest BCUT2D eigenvalue weighted by molar-refractivity contribution is 5.81. The maximum Gasteiger partial charge on any atom is 0.249 e. The number of benzene rings is 1. The number of carbonyl (C=O) groups is 1. The molecule has 1 amide bonds. The number of hydrogen-bond acceptors (Lipinski definition) is 4. The topological polar surface area (TPSA) is 84.6 Å². The van der Waals surface area contributed by atoms with Crippen molar-refractivity contribution in [2.24, 2.45) is 5.73 Å². The molecule has 0 aliphatic carbocycles. The minimum absolute atomic E-state index is 0.0277. The molecule has 2 rings (SSSR count). The maximum absolute atomic E-state index is 12.1. The molecule has 0 aromatic heterocycles. The van der Waals surface area contributed by atoms with Crippen LogP contribution in [-0.4, -0.2) is 36.4 Å². The fourth-order valence-corrected chi connectivity index (χ4v) is 2.26. The Hall–Kier alpha value is -1.43. The Labute approximate surface area is 112 Å². The van der Waals surface area contributed by atoms with E-state index in [0.717, 1.165) is 12.0 Å². The van der Waals surface area contributed by atoms with E-state index in [4.69, 9.17) is 10.5 Å². The molecule has 0 radical (unpaired) electrons. The largest absolute Gasteiger partial charge is 0.394 e. The van der Waals surface area contributed by atoms with E-state index in [1.807, 2.05) is 30.3 Å². The molecule has 1 aliphatic heterocycles. The lowest BCUT2D eigenvalue weighted by molar-refractivity contribution is -0.133. The van der Waals surface area contributed by atoms with Crippen molar-refractivity contribution in [1.82, 2.24) is 5.32 Å². The van der Waals surface area contributed by atoms with Gasteiger partial charge in [-0.2, -0.15) is 0 Å². The molecule has 4 N–H and O–H groups in total. The van der Waals surface area contributed by atoms with Crippen LogP contribution in [0.4, 0.5) is 0 Å². The van der Waals surface area contributed by atoms with Crippen molar-refractivity contribution in [2.75, 3.05) is 13.2 Å². The van der Waals surface area contributed by atoms with E-state index in [-0.39, 0.29) is 18.6 Å². The first kappa shape index (κ1) is 14.0. The van der Waals surface area contributed by atoms with E-state index in [2.05, 4.69) is 5.32 Å². The molecule has 1 aliphatic rings. The molecular formula is C14H20N2O3. The van der Waals surface area contributed by atoms with Crippen LogP contribution in [0.5, 0.6) is 0 Å². The predicted molar refractivity (Wildman–Crippen MR) is 71.4 cm³/mol. The molecule has 3 atom stereocenters. The zero-order chi connectivity index (χ0) is 13.7. The summed E-state index contributed by atoms with van der Waals surface area (Å²) in [4.78, 5) is 12.1. The Morgan fingerprint density at radius 2 is 2.16 bits per heavy atom. The zero-order valence-electron chi connectivity index (χ0n) is 10.8. The van der Waals surface area contributed by atoms with Gasteiger partial charge in [-0.3, -0.25) is 4.79 Å². The molecule has 1 fully saturated rings. The van der Waals surface area contributed by atoms with Crippen LogP contribution >= 0.6 is 0 Å². The van der Waals surface area contributed by atoms with Crippen molar-refractivity contribution in [3.63, 3.8) is 0 Å². The normalized spacial score (nSPS) is 24.1. The van der Waals surface area contributed by atoms with Gasteiger partial charge in [-0.1, -0.05) is 30.3 Å². The quantitative estimate of drug-likeness (QED) is 0.716. The smallest absolute Gasteiger partial charge is 0.249 e. The predicted octanol–water partition coefficient (Wildman–Crippen LogP) is 0.343. The van der Waals surface area contributed by atoms with Gasteiger partial charge in [0.1, 0.15) is 6.10 Å². The fourth-order valence-electron chi connectivity index (χ4n) is 2.26. The summed E-state index contributed by atoms with van der Waals surface area (Å²) in [6, 6.07) is 9.00. The Morgan fingerprint density at radius 1 is 1.42 bits per heavy atom. The van der Waals surface area contributed by atoms with Crippen LogP contribution in [0.15, 0.2) is 30.3 Å². The van der Waals surface area contributed by atoms with Crippen LogP contribution in [0.3, 0.4) is 0 Å². The minimum Gasteiger partial charge on any atom is -0.394 e. The molecule has 0 bridgehead atoms. The van der Waals surface area contributed by atoms with Crippen molar-refractivity contribution in [1.29, 1.82) is 0 Å². The van der Waals surface area contributed by atoms with Gasteiger partial charge in [-0.05, 0) is 18.4 Å². The van der Waals surface area contributed by atoms with Crippen molar-refractivity contribution in [2.45, 2.75) is 31.1 Å². The molecule has 1 saturated heterocycles. The van der Waals surface area contributed by atoms with Crippen molar-refractivity contribution in [3.05, 3.63) is 35.9 Å². The second-order valence-electron chi connectivity index (χ2n) is 4.71. The summed E-state index contributed by atoms with van der Waals surface area (Å²) >= 11 is 0. The minimum atomic E-state index is -0.452. The molecule has 104 valence electrons. The lowest BCUT2D eigenvalue weighted by atomic mass is 10.1. The number of nitrogens with one attached hydrogen (secondary N) is 1. The number of aliphatic hydroxyl groups is 1. The summed E-state index contributed by atoms with van der Waals surface area (Å²) < 4.78 is 5.53. The van der Waals surface area contributed by atoms with E-state index < -0.39 is 12.1 Å². The van der Waals surface area contributed by atoms with Gasteiger partial charge in [0, 0.05) is 6.54 Å². The van der Waals surface area contributed by atoms with Gasteiger partial charge >= 0.3 is 0 Å². The van der Waals surface area contributed by atoms with Gasteiger partial charge < -0.3 is 20.9 Å². The standard InChI is InChI=1S/C14H20N2O3/c15-8-11-6-7-13(19-11)14(18)16-12(9-17)10-4-2-1-3-5-10/h1-5,11-13,17H,6-9,15H2,(H,16,18). The first-order valence-electron chi connectivity index (χ1n) is 6.56.